The summed E-state index contributed by atoms with van der Waals surface area (Å²) < 4.78 is 26.7. The molecule has 0 aliphatic heterocycles. The lowest BCUT2D eigenvalue weighted by Crippen LogP contribution is -2.51. The van der Waals surface area contributed by atoms with Crippen LogP contribution in [-0.4, -0.2) is 50.5 Å². The number of sulfonamides is 1. The van der Waals surface area contributed by atoms with Crippen LogP contribution >= 0.6 is 23.2 Å². The van der Waals surface area contributed by atoms with Gasteiger partial charge in [0.2, 0.25) is 21.8 Å². The van der Waals surface area contributed by atoms with Gasteiger partial charge in [0.1, 0.15) is 6.04 Å². The maximum Gasteiger partial charge on any atom is 0.243 e. The molecule has 10 heteroatoms. The number of hydrogen-bond donors (Lipinski definition) is 1. The molecular weight excluding hydrogens is 593 g/mol. The molecule has 0 spiro atoms. The average molecular weight is 633 g/mol. The lowest BCUT2D eigenvalue weighted by Gasteiger charge is -2.32. The molecule has 0 radical (unpaired) electrons. The number of halogens is 2. The van der Waals surface area contributed by atoms with Crippen molar-refractivity contribution in [3.05, 3.63) is 99.5 Å². The van der Waals surface area contributed by atoms with Crippen LogP contribution in [0.3, 0.4) is 0 Å². The molecule has 1 N–H and O–H groups in total. The molecule has 226 valence electrons. The smallest absolute Gasteiger partial charge is 0.243 e. The molecule has 3 rings (SSSR count). The zero-order chi connectivity index (χ0) is 30.9. The van der Waals surface area contributed by atoms with Crippen LogP contribution in [0.15, 0.2) is 72.8 Å². The summed E-state index contributed by atoms with van der Waals surface area (Å²) in [5.41, 5.74) is 2.96. The summed E-state index contributed by atoms with van der Waals surface area (Å²) in [4.78, 5) is 29.1. The van der Waals surface area contributed by atoms with Crippen molar-refractivity contribution < 1.29 is 18.0 Å². The zero-order valence-corrected chi connectivity index (χ0v) is 26.8. The van der Waals surface area contributed by atoms with Crippen molar-refractivity contribution in [3.8, 4) is 0 Å². The third-order valence-corrected chi connectivity index (χ3v) is 8.61. The average Bonchev–Trinajstić information content (AvgIpc) is 2.93. The Kier molecular flexibility index (Phi) is 12.3. The van der Waals surface area contributed by atoms with Gasteiger partial charge in [-0.25, -0.2) is 8.42 Å². The van der Waals surface area contributed by atoms with E-state index in [0.717, 1.165) is 17.4 Å². The van der Waals surface area contributed by atoms with Crippen LogP contribution in [-0.2, 0) is 32.6 Å². The molecule has 0 fully saturated rings. The fourth-order valence-corrected chi connectivity index (χ4v) is 6.13. The Morgan fingerprint density at radius 1 is 0.952 bits per heavy atom. The van der Waals surface area contributed by atoms with Gasteiger partial charge in [-0.3, -0.25) is 13.9 Å². The minimum absolute atomic E-state index is 0.0336. The van der Waals surface area contributed by atoms with Gasteiger partial charge in [-0.2, -0.15) is 0 Å². The molecule has 7 nitrogen and oxygen atoms in total. The van der Waals surface area contributed by atoms with Crippen molar-refractivity contribution in [2.75, 3.05) is 23.7 Å². The van der Waals surface area contributed by atoms with Crippen LogP contribution in [0.1, 0.15) is 43.4 Å². The van der Waals surface area contributed by atoms with E-state index >= 15 is 0 Å². The van der Waals surface area contributed by atoms with Gasteiger partial charge >= 0.3 is 0 Å². The van der Waals surface area contributed by atoms with Crippen molar-refractivity contribution in [1.82, 2.24) is 10.2 Å². The van der Waals surface area contributed by atoms with Gasteiger partial charge in [-0.05, 0) is 54.2 Å². The Hall–Kier alpha value is -3.07. The Morgan fingerprint density at radius 2 is 1.62 bits per heavy atom. The predicted octanol–water partition coefficient (Wildman–Crippen LogP) is 6.26. The molecule has 0 bridgehead atoms. The summed E-state index contributed by atoms with van der Waals surface area (Å²) in [6.45, 7) is 6.53. The van der Waals surface area contributed by atoms with E-state index in [1.807, 2.05) is 63.2 Å². The molecule has 0 saturated carbocycles. The fraction of sp³-hybridized carbons (Fsp3) is 0.375. The van der Waals surface area contributed by atoms with E-state index in [2.05, 4.69) is 5.32 Å². The first-order chi connectivity index (χ1) is 19.9. The Morgan fingerprint density at radius 3 is 2.24 bits per heavy atom. The third kappa shape index (κ3) is 9.75. The number of anilines is 1. The standard InChI is InChI=1S/C32H39Cl2N3O4S/c1-23(2)21-35-32(39)30(19-25-12-6-5-7-13-25)36(22-26-16-17-27(33)20-28(26)34)31(38)15-10-18-37(42(4,40)41)29-14-9-8-11-24(29)3/h5-9,11-14,16-17,20,23,30H,10,15,18-19,21-22H2,1-4H3,(H,35,39)/t30-/m0/s1. The van der Waals surface area contributed by atoms with E-state index in [9.17, 15) is 18.0 Å². The van der Waals surface area contributed by atoms with Crippen molar-refractivity contribution >= 4 is 50.7 Å². The molecular formula is C32H39Cl2N3O4S. The second-order valence-corrected chi connectivity index (χ2v) is 13.6. The van der Waals surface area contributed by atoms with Gasteiger partial charge in [0, 0.05) is 42.5 Å². The largest absolute Gasteiger partial charge is 0.354 e. The molecule has 0 unspecified atom stereocenters. The SMILES string of the molecule is Cc1ccccc1N(CCCC(=O)N(Cc1ccc(Cl)cc1Cl)[C@@H](Cc1ccccc1)C(=O)NCC(C)C)S(C)(=O)=O. The van der Waals surface area contributed by atoms with Crippen LogP contribution in [0.25, 0.3) is 0 Å². The number of nitrogens with one attached hydrogen (secondary N) is 1. The third-order valence-electron chi connectivity index (χ3n) is 6.85. The van der Waals surface area contributed by atoms with Crippen molar-refractivity contribution in [1.29, 1.82) is 0 Å². The number of rotatable bonds is 14. The Bertz CT molecular complexity index is 1470. The number of amides is 2. The Balaban J connectivity index is 1.92. The number of carbonyl (C=O) groups is 2. The quantitative estimate of drug-likeness (QED) is 0.227. The fourth-order valence-electron chi connectivity index (χ4n) is 4.64. The topological polar surface area (TPSA) is 86.8 Å². The summed E-state index contributed by atoms with van der Waals surface area (Å²) in [5.74, 6) is -0.312. The number of carbonyl (C=O) groups excluding carboxylic acids is 2. The van der Waals surface area contributed by atoms with E-state index in [0.29, 0.717) is 34.3 Å². The van der Waals surface area contributed by atoms with E-state index in [1.165, 1.54) is 4.31 Å². The first-order valence-corrected chi connectivity index (χ1v) is 16.6. The molecule has 3 aromatic carbocycles. The Labute approximate surface area is 259 Å². The summed E-state index contributed by atoms with van der Waals surface area (Å²) in [5, 5.41) is 3.85. The molecule has 0 heterocycles. The van der Waals surface area contributed by atoms with Gasteiger partial charge in [0.05, 0.1) is 11.9 Å². The molecule has 0 saturated heterocycles. The molecule has 3 aromatic rings. The predicted molar refractivity (Wildman–Crippen MR) is 171 cm³/mol. The van der Waals surface area contributed by atoms with Crippen molar-refractivity contribution in [2.24, 2.45) is 5.92 Å². The molecule has 0 aromatic heterocycles. The highest BCUT2D eigenvalue weighted by molar-refractivity contribution is 7.92. The van der Waals surface area contributed by atoms with E-state index in [1.54, 1.807) is 35.2 Å². The van der Waals surface area contributed by atoms with Crippen LogP contribution in [0.5, 0.6) is 0 Å². The van der Waals surface area contributed by atoms with Gasteiger partial charge < -0.3 is 10.2 Å². The highest BCUT2D eigenvalue weighted by Gasteiger charge is 2.31. The number of para-hydroxylation sites is 1. The second-order valence-electron chi connectivity index (χ2n) is 10.8. The van der Waals surface area contributed by atoms with Crippen molar-refractivity contribution in [2.45, 2.75) is 52.6 Å². The normalized spacial score (nSPS) is 12.2. The van der Waals surface area contributed by atoms with E-state index in [-0.39, 0.29) is 43.7 Å². The van der Waals surface area contributed by atoms with Gasteiger partial charge in [0.15, 0.2) is 0 Å². The summed E-state index contributed by atoms with van der Waals surface area (Å²) >= 11 is 12.6. The lowest BCUT2D eigenvalue weighted by molar-refractivity contribution is -0.141. The summed E-state index contributed by atoms with van der Waals surface area (Å²) in [6, 6.07) is 21.0. The number of nitrogens with zero attached hydrogens (tertiary/aromatic N) is 2. The lowest BCUT2D eigenvalue weighted by atomic mass is 10.0. The molecule has 0 aliphatic carbocycles. The van der Waals surface area contributed by atoms with Gasteiger partial charge in [0.25, 0.3) is 0 Å². The second kappa shape index (κ2) is 15.4. The van der Waals surface area contributed by atoms with Gasteiger partial charge in [-0.1, -0.05) is 91.6 Å². The van der Waals surface area contributed by atoms with E-state index < -0.39 is 16.1 Å². The molecule has 0 aliphatic rings. The van der Waals surface area contributed by atoms with Crippen LogP contribution in [0.2, 0.25) is 10.0 Å². The highest BCUT2D eigenvalue weighted by atomic mass is 35.5. The number of benzene rings is 3. The maximum absolute atomic E-state index is 13.9. The van der Waals surface area contributed by atoms with Crippen molar-refractivity contribution in [3.63, 3.8) is 0 Å². The monoisotopic (exact) mass is 631 g/mol. The number of hydrogen-bond acceptors (Lipinski definition) is 4. The first-order valence-electron chi connectivity index (χ1n) is 13.9. The summed E-state index contributed by atoms with van der Waals surface area (Å²) in [7, 11) is -3.59. The highest BCUT2D eigenvalue weighted by Crippen LogP contribution is 2.26. The zero-order valence-electron chi connectivity index (χ0n) is 24.5. The minimum atomic E-state index is -3.59. The molecule has 2 amide bonds. The first kappa shape index (κ1) is 33.4. The van der Waals surface area contributed by atoms with E-state index in [4.69, 9.17) is 23.2 Å². The number of aryl methyl sites for hydroxylation is 1. The van der Waals surface area contributed by atoms with Crippen LogP contribution in [0.4, 0.5) is 5.69 Å². The van der Waals surface area contributed by atoms with Gasteiger partial charge in [-0.15, -0.1) is 0 Å². The summed E-state index contributed by atoms with van der Waals surface area (Å²) in [6.07, 6.45) is 1.76. The maximum atomic E-state index is 13.9. The minimum Gasteiger partial charge on any atom is -0.354 e. The molecule has 1 atom stereocenters. The van der Waals surface area contributed by atoms with Crippen LogP contribution < -0.4 is 9.62 Å². The molecule has 42 heavy (non-hydrogen) atoms. The van der Waals surface area contributed by atoms with Crippen LogP contribution in [0, 0.1) is 12.8 Å².